The number of ketones is 1. The number of carbonyl (C=O) groups excluding carboxylic acids is 2. The number of hydrogen-bond acceptors (Lipinski definition) is 4. The predicted molar refractivity (Wildman–Crippen MR) is 104 cm³/mol. The molecule has 1 heterocycles. The molecule has 0 aromatic heterocycles. The third-order valence-corrected chi connectivity index (χ3v) is 5.96. The molecule has 5 nitrogen and oxygen atoms in total. The summed E-state index contributed by atoms with van der Waals surface area (Å²) in [6.45, 7) is 6.40. The lowest BCUT2D eigenvalue weighted by atomic mass is 9.92. The Balaban J connectivity index is 1.51. The van der Waals surface area contributed by atoms with Crippen molar-refractivity contribution in [2.24, 2.45) is 11.8 Å². The fourth-order valence-corrected chi connectivity index (χ4v) is 3.97. The van der Waals surface area contributed by atoms with Gasteiger partial charge >= 0.3 is 0 Å². The maximum absolute atomic E-state index is 12.5. The fraction of sp³-hybridized carbons (Fsp3) is 0.619. The minimum Gasteiger partial charge on any atom is -0.326 e. The highest BCUT2D eigenvalue weighted by molar-refractivity contribution is 5.98. The molecule has 3 rings (SSSR count). The Bertz CT molecular complexity index is 615. The second kappa shape index (κ2) is 8.78. The summed E-state index contributed by atoms with van der Waals surface area (Å²) >= 11 is 0. The molecule has 1 saturated heterocycles. The summed E-state index contributed by atoms with van der Waals surface area (Å²) in [5.41, 5.74) is 1.49. The largest absolute Gasteiger partial charge is 0.326 e. The number of carbonyl (C=O) groups is 2. The SMILES string of the molecule is CC(C(=O)Nc1ccc(C(=O)CN2CCN(C)CC2)cc1)C1CCCC1. The van der Waals surface area contributed by atoms with E-state index in [0.717, 1.165) is 44.7 Å². The van der Waals surface area contributed by atoms with Gasteiger partial charge in [-0.25, -0.2) is 0 Å². The van der Waals surface area contributed by atoms with Crippen LogP contribution in [0.25, 0.3) is 0 Å². The molecule has 5 heteroatoms. The highest BCUT2D eigenvalue weighted by Crippen LogP contribution is 2.31. The lowest BCUT2D eigenvalue weighted by molar-refractivity contribution is -0.120. The number of amides is 1. The highest BCUT2D eigenvalue weighted by atomic mass is 16.2. The summed E-state index contributed by atoms with van der Waals surface area (Å²) in [4.78, 5) is 29.4. The molecule has 1 N–H and O–H groups in total. The van der Waals surface area contributed by atoms with Crippen LogP contribution >= 0.6 is 0 Å². The van der Waals surface area contributed by atoms with Gasteiger partial charge in [0.2, 0.25) is 5.91 Å². The lowest BCUT2D eigenvalue weighted by Crippen LogP contribution is -2.46. The molecule has 0 bridgehead atoms. The Morgan fingerprint density at radius 1 is 1.08 bits per heavy atom. The van der Waals surface area contributed by atoms with E-state index in [1.54, 1.807) is 0 Å². The lowest BCUT2D eigenvalue weighted by Gasteiger charge is -2.31. The van der Waals surface area contributed by atoms with Crippen LogP contribution in [0.15, 0.2) is 24.3 Å². The third-order valence-electron chi connectivity index (χ3n) is 5.96. The first-order valence-corrected chi connectivity index (χ1v) is 9.88. The van der Waals surface area contributed by atoms with Crippen LogP contribution in [0.1, 0.15) is 43.0 Å². The average Bonchev–Trinajstić information content (AvgIpc) is 3.18. The topological polar surface area (TPSA) is 52.7 Å². The van der Waals surface area contributed by atoms with Crippen LogP contribution in [0, 0.1) is 11.8 Å². The summed E-state index contributed by atoms with van der Waals surface area (Å²) in [6, 6.07) is 7.34. The van der Waals surface area contributed by atoms with Gasteiger partial charge in [-0.15, -0.1) is 0 Å². The highest BCUT2D eigenvalue weighted by Gasteiger charge is 2.26. The van der Waals surface area contributed by atoms with E-state index in [-0.39, 0.29) is 17.6 Å². The van der Waals surface area contributed by atoms with E-state index in [2.05, 4.69) is 22.2 Å². The van der Waals surface area contributed by atoms with Gasteiger partial charge in [-0.1, -0.05) is 19.8 Å². The molecule has 1 saturated carbocycles. The molecule has 1 amide bonds. The summed E-state index contributed by atoms with van der Waals surface area (Å²) in [7, 11) is 2.11. The van der Waals surface area contributed by atoms with E-state index in [9.17, 15) is 9.59 Å². The first-order chi connectivity index (χ1) is 12.5. The molecule has 1 aliphatic heterocycles. The van der Waals surface area contributed by atoms with Crippen LogP contribution in [0.3, 0.4) is 0 Å². The van der Waals surface area contributed by atoms with Crippen molar-refractivity contribution in [1.82, 2.24) is 9.80 Å². The number of rotatable bonds is 6. The van der Waals surface area contributed by atoms with Gasteiger partial charge in [-0.2, -0.15) is 0 Å². The predicted octanol–water partition coefficient (Wildman–Crippen LogP) is 2.88. The zero-order valence-corrected chi connectivity index (χ0v) is 16.0. The van der Waals surface area contributed by atoms with E-state index < -0.39 is 0 Å². The van der Waals surface area contributed by atoms with Gasteiger partial charge in [0.1, 0.15) is 0 Å². The summed E-state index contributed by atoms with van der Waals surface area (Å²) in [5, 5.41) is 3.00. The molecule has 1 atom stereocenters. The van der Waals surface area contributed by atoms with Gasteiger partial charge < -0.3 is 10.2 Å². The Kier molecular flexibility index (Phi) is 6.43. The summed E-state index contributed by atoms with van der Waals surface area (Å²) in [6.07, 6.45) is 4.81. The molecule has 26 heavy (non-hydrogen) atoms. The van der Waals surface area contributed by atoms with Gasteiger partial charge in [-0.05, 0) is 50.1 Å². The second-order valence-corrected chi connectivity index (χ2v) is 7.90. The Labute approximate surface area is 156 Å². The molecule has 0 radical (unpaired) electrons. The Morgan fingerprint density at radius 2 is 1.69 bits per heavy atom. The average molecular weight is 357 g/mol. The van der Waals surface area contributed by atoms with Gasteiger partial charge in [0.05, 0.1) is 6.54 Å². The van der Waals surface area contributed by atoms with E-state index in [1.807, 2.05) is 31.2 Å². The number of anilines is 1. The van der Waals surface area contributed by atoms with E-state index in [1.165, 1.54) is 12.8 Å². The molecule has 1 aromatic rings. The smallest absolute Gasteiger partial charge is 0.227 e. The van der Waals surface area contributed by atoms with Crippen LogP contribution in [0.4, 0.5) is 5.69 Å². The molecular weight excluding hydrogens is 326 g/mol. The molecule has 1 aromatic carbocycles. The van der Waals surface area contributed by atoms with Crippen LogP contribution < -0.4 is 5.32 Å². The minimum absolute atomic E-state index is 0.0519. The van der Waals surface area contributed by atoms with Crippen molar-refractivity contribution in [3.63, 3.8) is 0 Å². The monoisotopic (exact) mass is 357 g/mol. The van der Waals surface area contributed by atoms with Crippen LogP contribution in [-0.2, 0) is 4.79 Å². The molecule has 2 fully saturated rings. The molecule has 1 unspecified atom stereocenters. The molecular formula is C21H31N3O2. The van der Waals surface area contributed by atoms with E-state index in [0.29, 0.717) is 18.0 Å². The number of likely N-dealkylation sites (N-methyl/N-ethyl adjacent to an activating group) is 1. The second-order valence-electron chi connectivity index (χ2n) is 7.90. The number of piperazine rings is 1. The standard InChI is InChI=1S/C21H31N3O2/c1-16(17-5-3-4-6-17)21(26)22-19-9-7-18(8-10-19)20(25)15-24-13-11-23(2)12-14-24/h7-10,16-17H,3-6,11-15H2,1-2H3,(H,22,26). The molecule has 0 spiro atoms. The van der Waals surface area contributed by atoms with E-state index >= 15 is 0 Å². The minimum atomic E-state index is 0.0519. The third kappa shape index (κ3) is 4.92. The molecule has 2 aliphatic rings. The van der Waals surface area contributed by atoms with Crippen molar-refractivity contribution in [2.75, 3.05) is 45.1 Å². The van der Waals surface area contributed by atoms with Crippen molar-refractivity contribution in [1.29, 1.82) is 0 Å². The molecule has 142 valence electrons. The van der Waals surface area contributed by atoms with Crippen LogP contribution in [0.5, 0.6) is 0 Å². The maximum atomic E-state index is 12.5. The van der Waals surface area contributed by atoms with Crippen molar-refractivity contribution in [2.45, 2.75) is 32.6 Å². The van der Waals surface area contributed by atoms with Crippen molar-refractivity contribution in [3.05, 3.63) is 29.8 Å². The van der Waals surface area contributed by atoms with Gasteiger partial charge in [0, 0.05) is 43.3 Å². The van der Waals surface area contributed by atoms with Crippen LogP contribution in [0.2, 0.25) is 0 Å². The van der Waals surface area contributed by atoms with Crippen molar-refractivity contribution < 1.29 is 9.59 Å². The first kappa shape index (κ1) is 19.1. The number of Topliss-reactive ketones (excluding diaryl/α,β-unsaturated/α-hetero) is 1. The zero-order valence-electron chi connectivity index (χ0n) is 16.0. The van der Waals surface area contributed by atoms with Gasteiger partial charge in [-0.3, -0.25) is 14.5 Å². The number of benzene rings is 1. The zero-order chi connectivity index (χ0) is 18.5. The van der Waals surface area contributed by atoms with Gasteiger partial charge in [0.15, 0.2) is 5.78 Å². The summed E-state index contributed by atoms with van der Waals surface area (Å²) < 4.78 is 0. The van der Waals surface area contributed by atoms with E-state index in [4.69, 9.17) is 0 Å². The Morgan fingerprint density at radius 3 is 2.31 bits per heavy atom. The normalized spacial score (nSPS) is 20.8. The fourth-order valence-electron chi connectivity index (χ4n) is 3.97. The van der Waals surface area contributed by atoms with Crippen LogP contribution in [-0.4, -0.2) is 61.3 Å². The van der Waals surface area contributed by atoms with Crippen molar-refractivity contribution in [3.8, 4) is 0 Å². The molecule has 1 aliphatic carbocycles. The number of nitrogens with zero attached hydrogens (tertiary/aromatic N) is 2. The number of nitrogens with one attached hydrogen (secondary N) is 1. The maximum Gasteiger partial charge on any atom is 0.227 e. The van der Waals surface area contributed by atoms with Crippen molar-refractivity contribution >= 4 is 17.4 Å². The van der Waals surface area contributed by atoms with Gasteiger partial charge in [0.25, 0.3) is 0 Å². The summed E-state index contributed by atoms with van der Waals surface area (Å²) in [5.74, 6) is 0.802. The number of hydrogen-bond donors (Lipinski definition) is 1. The quantitative estimate of drug-likeness (QED) is 0.796. The first-order valence-electron chi connectivity index (χ1n) is 9.88. The Hall–Kier alpha value is -1.72.